The second-order valence-corrected chi connectivity index (χ2v) is 4.48. The van der Waals surface area contributed by atoms with Crippen LogP contribution >= 0.6 is 0 Å². The lowest BCUT2D eigenvalue weighted by Crippen LogP contribution is -2.40. The molecule has 2 unspecified atom stereocenters. The Kier molecular flexibility index (Phi) is 4.40. The predicted octanol–water partition coefficient (Wildman–Crippen LogP) is 2.17. The minimum Gasteiger partial charge on any atom is -0.485 e. The second kappa shape index (κ2) is 6.03. The van der Waals surface area contributed by atoms with Gasteiger partial charge in [0.2, 0.25) is 0 Å². The lowest BCUT2D eigenvalue weighted by Gasteiger charge is -2.28. The van der Waals surface area contributed by atoms with Crippen molar-refractivity contribution in [2.75, 3.05) is 13.2 Å². The average Bonchev–Trinajstić information content (AvgIpc) is 2.35. The lowest BCUT2D eigenvalue weighted by atomic mass is 10.1. The summed E-state index contributed by atoms with van der Waals surface area (Å²) in [5.74, 6) is 0.805. The summed E-state index contributed by atoms with van der Waals surface area (Å²) in [6.07, 6.45) is 2.24. The molecule has 2 rings (SSSR count). The molecule has 0 aliphatic carbocycles. The Morgan fingerprint density at radius 1 is 1.35 bits per heavy atom. The maximum absolute atomic E-state index is 9.76. The molecule has 1 fully saturated rings. The molecule has 1 N–H and O–H groups in total. The van der Waals surface area contributed by atoms with Crippen molar-refractivity contribution in [2.24, 2.45) is 0 Å². The first-order chi connectivity index (χ1) is 8.29. The van der Waals surface area contributed by atoms with E-state index in [1.54, 1.807) is 0 Å². The molecule has 3 heteroatoms. The fourth-order valence-electron chi connectivity index (χ4n) is 2.01. The van der Waals surface area contributed by atoms with Crippen molar-refractivity contribution < 1.29 is 14.6 Å². The SMILES string of the molecule is CCCc1ccc(OC2COCCC2O)cc1. The summed E-state index contributed by atoms with van der Waals surface area (Å²) in [7, 11) is 0. The summed E-state index contributed by atoms with van der Waals surface area (Å²) in [4.78, 5) is 0. The molecule has 0 amide bonds. The van der Waals surface area contributed by atoms with E-state index >= 15 is 0 Å². The second-order valence-electron chi connectivity index (χ2n) is 4.48. The molecular weight excluding hydrogens is 216 g/mol. The van der Waals surface area contributed by atoms with Crippen LogP contribution in [0.4, 0.5) is 0 Å². The van der Waals surface area contributed by atoms with Crippen LogP contribution in [0, 0.1) is 0 Å². The van der Waals surface area contributed by atoms with Gasteiger partial charge in [-0.05, 0) is 24.1 Å². The molecule has 1 saturated heterocycles. The molecule has 1 heterocycles. The van der Waals surface area contributed by atoms with Crippen molar-refractivity contribution in [2.45, 2.75) is 38.4 Å². The molecule has 94 valence electrons. The molecular formula is C14H20O3. The van der Waals surface area contributed by atoms with E-state index in [9.17, 15) is 5.11 Å². The first kappa shape index (κ1) is 12.4. The maximum atomic E-state index is 9.76. The van der Waals surface area contributed by atoms with Crippen molar-refractivity contribution >= 4 is 0 Å². The molecule has 0 spiro atoms. The summed E-state index contributed by atoms with van der Waals surface area (Å²) in [5, 5.41) is 9.76. The highest BCUT2D eigenvalue weighted by molar-refractivity contribution is 5.27. The highest BCUT2D eigenvalue weighted by Crippen LogP contribution is 2.18. The number of aliphatic hydroxyl groups excluding tert-OH is 1. The third kappa shape index (κ3) is 3.45. The molecule has 1 aromatic rings. The van der Waals surface area contributed by atoms with E-state index in [-0.39, 0.29) is 6.10 Å². The molecule has 17 heavy (non-hydrogen) atoms. The summed E-state index contributed by atoms with van der Waals surface area (Å²) in [5.41, 5.74) is 1.32. The van der Waals surface area contributed by atoms with Gasteiger partial charge in [0.25, 0.3) is 0 Å². The largest absolute Gasteiger partial charge is 0.485 e. The van der Waals surface area contributed by atoms with Crippen molar-refractivity contribution in [3.05, 3.63) is 29.8 Å². The number of rotatable bonds is 4. The fraction of sp³-hybridized carbons (Fsp3) is 0.571. The van der Waals surface area contributed by atoms with Crippen molar-refractivity contribution in [1.29, 1.82) is 0 Å². The van der Waals surface area contributed by atoms with E-state index in [1.807, 2.05) is 12.1 Å². The molecule has 2 atom stereocenters. The first-order valence-electron chi connectivity index (χ1n) is 6.31. The van der Waals surface area contributed by atoms with Crippen LogP contribution in [0.25, 0.3) is 0 Å². The predicted molar refractivity (Wildman–Crippen MR) is 66.3 cm³/mol. The van der Waals surface area contributed by atoms with Gasteiger partial charge in [0.05, 0.1) is 12.7 Å². The monoisotopic (exact) mass is 236 g/mol. The van der Waals surface area contributed by atoms with Gasteiger partial charge in [0.15, 0.2) is 0 Å². The zero-order valence-electron chi connectivity index (χ0n) is 10.3. The molecule has 0 bridgehead atoms. The van der Waals surface area contributed by atoms with E-state index in [4.69, 9.17) is 9.47 Å². The molecule has 0 saturated carbocycles. The number of benzene rings is 1. The minimum absolute atomic E-state index is 0.235. The van der Waals surface area contributed by atoms with E-state index in [0.717, 1.165) is 18.6 Å². The van der Waals surface area contributed by atoms with Gasteiger partial charge in [0.1, 0.15) is 11.9 Å². The fourth-order valence-corrected chi connectivity index (χ4v) is 2.01. The Labute approximate surface area is 102 Å². The number of aliphatic hydroxyl groups is 1. The van der Waals surface area contributed by atoms with Gasteiger partial charge >= 0.3 is 0 Å². The van der Waals surface area contributed by atoms with E-state index in [2.05, 4.69) is 19.1 Å². The van der Waals surface area contributed by atoms with Gasteiger partial charge < -0.3 is 14.6 Å². The van der Waals surface area contributed by atoms with Gasteiger partial charge in [-0.15, -0.1) is 0 Å². The number of aryl methyl sites for hydroxylation is 1. The smallest absolute Gasteiger partial charge is 0.148 e. The van der Waals surface area contributed by atoms with Gasteiger partial charge in [-0.1, -0.05) is 25.5 Å². The first-order valence-corrected chi connectivity index (χ1v) is 6.31. The Balaban J connectivity index is 1.93. The van der Waals surface area contributed by atoms with Crippen LogP contribution in [0.2, 0.25) is 0 Å². The summed E-state index contributed by atoms with van der Waals surface area (Å²) in [6, 6.07) is 8.09. The van der Waals surface area contributed by atoms with Gasteiger partial charge in [-0.2, -0.15) is 0 Å². The molecule has 0 aromatic heterocycles. The van der Waals surface area contributed by atoms with E-state index < -0.39 is 6.10 Å². The molecule has 1 aromatic carbocycles. The average molecular weight is 236 g/mol. The highest BCUT2D eigenvalue weighted by atomic mass is 16.5. The molecule has 0 radical (unpaired) electrons. The van der Waals surface area contributed by atoms with Crippen LogP contribution in [0.1, 0.15) is 25.3 Å². The van der Waals surface area contributed by atoms with Gasteiger partial charge in [-0.25, -0.2) is 0 Å². The maximum Gasteiger partial charge on any atom is 0.148 e. The van der Waals surface area contributed by atoms with E-state index in [0.29, 0.717) is 19.6 Å². The molecule has 1 aliphatic heterocycles. The Hall–Kier alpha value is -1.06. The minimum atomic E-state index is -0.418. The van der Waals surface area contributed by atoms with Crippen LogP contribution < -0.4 is 4.74 Å². The van der Waals surface area contributed by atoms with Crippen LogP contribution in [0.3, 0.4) is 0 Å². The highest BCUT2D eigenvalue weighted by Gasteiger charge is 2.25. The quantitative estimate of drug-likeness (QED) is 0.870. The third-order valence-corrected chi connectivity index (χ3v) is 3.02. The summed E-state index contributed by atoms with van der Waals surface area (Å²) < 4.78 is 11.0. The Morgan fingerprint density at radius 2 is 2.12 bits per heavy atom. The van der Waals surface area contributed by atoms with Crippen LogP contribution in [0.15, 0.2) is 24.3 Å². The molecule has 3 nitrogen and oxygen atoms in total. The topological polar surface area (TPSA) is 38.7 Å². The van der Waals surface area contributed by atoms with Crippen LogP contribution in [-0.2, 0) is 11.2 Å². The Bertz CT molecular complexity index is 334. The number of hydrogen-bond acceptors (Lipinski definition) is 3. The van der Waals surface area contributed by atoms with E-state index in [1.165, 1.54) is 5.56 Å². The molecule has 1 aliphatic rings. The zero-order chi connectivity index (χ0) is 12.1. The summed E-state index contributed by atoms with van der Waals surface area (Å²) >= 11 is 0. The van der Waals surface area contributed by atoms with Gasteiger partial charge in [-0.3, -0.25) is 0 Å². The standard InChI is InChI=1S/C14H20O3/c1-2-3-11-4-6-12(7-5-11)17-14-10-16-9-8-13(14)15/h4-7,13-15H,2-3,8-10H2,1H3. The van der Waals surface area contributed by atoms with Crippen LogP contribution in [-0.4, -0.2) is 30.5 Å². The number of ether oxygens (including phenoxy) is 2. The number of hydrogen-bond donors (Lipinski definition) is 1. The van der Waals surface area contributed by atoms with Crippen LogP contribution in [0.5, 0.6) is 5.75 Å². The lowest BCUT2D eigenvalue weighted by molar-refractivity contribution is -0.0735. The summed E-state index contributed by atoms with van der Waals surface area (Å²) in [6.45, 7) is 3.26. The zero-order valence-corrected chi connectivity index (χ0v) is 10.3. The Morgan fingerprint density at radius 3 is 2.76 bits per heavy atom. The van der Waals surface area contributed by atoms with Crippen molar-refractivity contribution in [3.8, 4) is 5.75 Å². The van der Waals surface area contributed by atoms with Gasteiger partial charge in [0, 0.05) is 13.0 Å². The van der Waals surface area contributed by atoms with Crippen molar-refractivity contribution in [3.63, 3.8) is 0 Å². The normalized spacial score (nSPS) is 24.6. The third-order valence-electron chi connectivity index (χ3n) is 3.02. The van der Waals surface area contributed by atoms with Crippen molar-refractivity contribution in [1.82, 2.24) is 0 Å².